The lowest BCUT2D eigenvalue weighted by atomic mass is 10.3. The predicted octanol–water partition coefficient (Wildman–Crippen LogP) is -0.589. The molecule has 1 N–H and O–H groups in total. The molecular weight excluding hydrogens is 144 g/mol. The molecule has 4 heteroatoms. The van der Waals surface area contributed by atoms with Gasteiger partial charge >= 0.3 is 0 Å². The van der Waals surface area contributed by atoms with E-state index < -0.39 is 0 Å². The van der Waals surface area contributed by atoms with Gasteiger partial charge in [-0.15, -0.1) is 0 Å². The van der Waals surface area contributed by atoms with Gasteiger partial charge in [0.25, 0.3) is 0 Å². The van der Waals surface area contributed by atoms with Crippen LogP contribution in [0.2, 0.25) is 0 Å². The lowest BCUT2D eigenvalue weighted by Gasteiger charge is -2.34. The third kappa shape index (κ3) is 1.91. The predicted molar refractivity (Wildman–Crippen MR) is 41.1 cm³/mol. The first-order valence-corrected chi connectivity index (χ1v) is 3.76. The van der Waals surface area contributed by atoms with Crippen molar-refractivity contribution in [1.29, 1.82) is 0 Å². The van der Waals surface area contributed by atoms with E-state index in [4.69, 9.17) is 4.74 Å². The molecular formula is C7H14N2O2. The highest BCUT2D eigenvalue weighted by Gasteiger charge is 2.22. The third-order valence-electron chi connectivity index (χ3n) is 1.87. The molecule has 1 aliphatic heterocycles. The Morgan fingerprint density at radius 3 is 2.91 bits per heavy atom. The summed E-state index contributed by atoms with van der Waals surface area (Å²) in [6.07, 6.45) is -0.0822. The molecule has 1 atom stereocenters. The Morgan fingerprint density at radius 1 is 1.73 bits per heavy atom. The van der Waals surface area contributed by atoms with Crippen LogP contribution < -0.4 is 5.32 Å². The molecule has 1 heterocycles. The van der Waals surface area contributed by atoms with Crippen molar-refractivity contribution in [1.82, 2.24) is 10.2 Å². The smallest absolute Gasteiger partial charge is 0.221 e. The SMILES string of the molecule is CO[C@H]1CNCCN1C(C)=O. The van der Waals surface area contributed by atoms with E-state index >= 15 is 0 Å². The van der Waals surface area contributed by atoms with Gasteiger partial charge in [-0.3, -0.25) is 4.79 Å². The van der Waals surface area contributed by atoms with Crippen molar-refractivity contribution in [2.45, 2.75) is 13.2 Å². The van der Waals surface area contributed by atoms with Crippen molar-refractivity contribution in [3.05, 3.63) is 0 Å². The van der Waals surface area contributed by atoms with Crippen molar-refractivity contribution in [3.8, 4) is 0 Å². The number of hydrogen-bond acceptors (Lipinski definition) is 3. The van der Waals surface area contributed by atoms with Crippen molar-refractivity contribution in [3.63, 3.8) is 0 Å². The Balaban J connectivity index is 2.51. The number of carbonyl (C=O) groups is 1. The first kappa shape index (κ1) is 8.49. The summed E-state index contributed by atoms with van der Waals surface area (Å²) < 4.78 is 5.11. The van der Waals surface area contributed by atoms with Crippen LogP contribution >= 0.6 is 0 Å². The molecule has 0 bridgehead atoms. The second-order valence-electron chi connectivity index (χ2n) is 2.61. The van der Waals surface area contributed by atoms with Crippen LogP contribution in [-0.2, 0) is 9.53 Å². The molecule has 0 aromatic rings. The molecule has 0 radical (unpaired) electrons. The van der Waals surface area contributed by atoms with Crippen LogP contribution in [0.1, 0.15) is 6.92 Å². The molecule has 0 aromatic carbocycles. The Hall–Kier alpha value is -0.610. The van der Waals surface area contributed by atoms with E-state index in [1.54, 1.807) is 18.9 Å². The minimum absolute atomic E-state index is 0.0818. The second kappa shape index (κ2) is 3.69. The van der Waals surface area contributed by atoms with E-state index in [1.165, 1.54) is 0 Å². The van der Waals surface area contributed by atoms with Crippen LogP contribution in [0.25, 0.3) is 0 Å². The van der Waals surface area contributed by atoms with Gasteiger partial charge < -0.3 is 15.0 Å². The van der Waals surface area contributed by atoms with Gasteiger partial charge in [0.15, 0.2) is 0 Å². The molecule has 1 fully saturated rings. The Kier molecular flexibility index (Phi) is 2.84. The van der Waals surface area contributed by atoms with Crippen LogP contribution in [-0.4, -0.2) is 43.8 Å². The second-order valence-corrected chi connectivity index (χ2v) is 2.61. The molecule has 4 nitrogen and oxygen atoms in total. The maximum Gasteiger partial charge on any atom is 0.221 e. The first-order chi connectivity index (χ1) is 5.25. The molecule has 1 saturated heterocycles. The average Bonchev–Trinajstić information content (AvgIpc) is 2.04. The lowest BCUT2D eigenvalue weighted by molar-refractivity contribution is -0.143. The fraction of sp³-hybridized carbons (Fsp3) is 0.857. The van der Waals surface area contributed by atoms with E-state index in [0.29, 0.717) is 0 Å². The maximum atomic E-state index is 11.0. The minimum atomic E-state index is -0.0822. The van der Waals surface area contributed by atoms with Crippen molar-refractivity contribution < 1.29 is 9.53 Å². The van der Waals surface area contributed by atoms with Gasteiger partial charge in [0, 0.05) is 33.7 Å². The van der Waals surface area contributed by atoms with Gasteiger partial charge in [-0.25, -0.2) is 0 Å². The number of hydrogen-bond donors (Lipinski definition) is 1. The average molecular weight is 158 g/mol. The lowest BCUT2D eigenvalue weighted by Crippen LogP contribution is -2.53. The quantitative estimate of drug-likeness (QED) is 0.554. The number of methoxy groups -OCH3 is 1. The zero-order valence-corrected chi connectivity index (χ0v) is 6.96. The Bertz CT molecular complexity index is 149. The fourth-order valence-electron chi connectivity index (χ4n) is 1.25. The van der Waals surface area contributed by atoms with Crippen LogP contribution in [0.3, 0.4) is 0 Å². The van der Waals surface area contributed by atoms with Crippen LogP contribution in [0, 0.1) is 0 Å². The number of piperazine rings is 1. The summed E-state index contributed by atoms with van der Waals surface area (Å²) in [4.78, 5) is 12.7. The zero-order chi connectivity index (χ0) is 8.27. The topological polar surface area (TPSA) is 41.6 Å². The van der Waals surface area contributed by atoms with Crippen molar-refractivity contribution >= 4 is 5.91 Å². The van der Waals surface area contributed by atoms with Gasteiger partial charge in [-0.05, 0) is 0 Å². The fourth-order valence-corrected chi connectivity index (χ4v) is 1.25. The highest BCUT2D eigenvalue weighted by Crippen LogP contribution is 2.03. The van der Waals surface area contributed by atoms with E-state index in [1.807, 2.05) is 0 Å². The zero-order valence-electron chi connectivity index (χ0n) is 6.96. The maximum absolute atomic E-state index is 11.0. The van der Waals surface area contributed by atoms with Gasteiger partial charge in [-0.2, -0.15) is 0 Å². The van der Waals surface area contributed by atoms with E-state index in [0.717, 1.165) is 19.6 Å². The molecule has 1 rings (SSSR count). The molecule has 64 valence electrons. The van der Waals surface area contributed by atoms with Gasteiger partial charge in [-0.1, -0.05) is 0 Å². The summed E-state index contributed by atoms with van der Waals surface area (Å²) in [7, 11) is 1.62. The molecule has 11 heavy (non-hydrogen) atoms. The van der Waals surface area contributed by atoms with E-state index in [-0.39, 0.29) is 12.1 Å². The highest BCUT2D eigenvalue weighted by molar-refractivity contribution is 5.73. The summed E-state index contributed by atoms with van der Waals surface area (Å²) in [5.41, 5.74) is 0. The van der Waals surface area contributed by atoms with Crippen molar-refractivity contribution in [2.75, 3.05) is 26.7 Å². The third-order valence-corrected chi connectivity index (χ3v) is 1.87. The number of ether oxygens (including phenoxy) is 1. The van der Waals surface area contributed by atoms with Gasteiger partial charge in [0.05, 0.1) is 0 Å². The number of amides is 1. The van der Waals surface area contributed by atoms with Gasteiger partial charge in [0.1, 0.15) is 6.23 Å². The standard InChI is InChI=1S/C7H14N2O2/c1-6(10)9-4-3-8-5-7(9)11-2/h7-8H,3-5H2,1-2H3/t7-/m0/s1. The molecule has 0 unspecified atom stereocenters. The van der Waals surface area contributed by atoms with E-state index in [9.17, 15) is 4.79 Å². The highest BCUT2D eigenvalue weighted by atomic mass is 16.5. The van der Waals surface area contributed by atoms with Crippen LogP contribution in [0.15, 0.2) is 0 Å². The number of rotatable bonds is 1. The normalized spacial score (nSPS) is 25.3. The van der Waals surface area contributed by atoms with Gasteiger partial charge in [0.2, 0.25) is 5.91 Å². The van der Waals surface area contributed by atoms with E-state index in [2.05, 4.69) is 5.32 Å². The number of nitrogens with zero attached hydrogens (tertiary/aromatic N) is 1. The summed E-state index contributed by atoms with van der Waals surface area (Å²) in [6.45, 7) is 3.90. The van der Waals surface area contributed by atoms with Crippen LogP contribution in [0.5, 0.6) is 0 Å². The minimum Gasteiger partial charge on any atom is -0.360 e. The van der Waals surface area contributed by atoms with Crippen LogP contribution in [0.4, 0.5) is 0 Å². The Labute approximate surface area is 66.5 Å². The summed E-state index contributed by atoms with van der Waals surface area (Å²) in [5.74, 6) is 0.0818. The summed E-state index contributed by atoms with van der Waals surface area (Å²) in [6, 6.07) is 0. The summed E-state index contributed by atoms with van der Waals surface area (Å²) >= 11 is 0. The molecule has 0 spiro atoms. The molecule has 1 amide bonds. The Morgan fingerprint density at radius 2 is 2.45 bits per heavy atom. The molecule has 0 saturated carbocycles. The van der Waals surface area contributed by atoms with Crippen molar-refractivity contribution in [2.24, 2.45) is 0 Å². The monoisotopic (exact) mass is 158 g/mol. The number of carbonyl (C=O) groups excluding carboxylic acids is 1. The molecule has 0 aromatic heterocycles. The summed E-state index contributed by atoms with van der Waals surface area (Å²) in [5, 5.41) is 3.15. The largest absolute Gasteiger partial charge is 0.360 e. The molecule has 0 aliphatic carbocycles. The first-order valence-electron chi connectivity index (χ1n) is 3.76. The number of nitrogens with one attached hydrogen (secondary N) is 1. The molecule has 1 aliphatic rings.